The van der Waals surface area contributed by atoms with E-state index in [1.807, 2.05) is 51.1 Å². The lowest BCUT2D eigenvalue weighted by Gasteiger charge is -2.20. The number of carbonyl (C=O) groups excluding carboxylic acids is 1. The Morgan fingerprint density at radius 2 is 1.88 bits per heavy atom. The molecule has 0 N–H and O–H groups in total. The molecule has 0 aromatic heterocycles. The molecule has 4 heteroatoms. The fourth-order valence-corrected chi connectivity index (χ4v) is 2.65. The smallest absolute Gasteiger partial charge is 0.185 e. The molecule has 0 spiro atoms. The van der Waals surface area contributed by atoms with Crippen molar-refractivity contribution < 1.29 is 19.0 Å². The lowest BCUT2D eigenvalue weighted by Crippen LogP contribution is -2.10. The number of ketones is 1. The highest BCUT2D eigenvalue weighted by Crippen LogP contribution is 2.26. The predicted octanol–water partition coefficient (Wildman–Crippen LogP) is 4.68. The van der Waals surface area contributed by atoms with Gasteiger partial charge in [-0.1, -0.05) is 18.2 Å². The standard InChI is InChI=1S/C21H26O4/c1-4-23-18-9-7-8-16(14-18)20(22)12-10-17-15-19(24-5-2)11-13-21(17)25-6-3/h7-10,12-15,17H,4-6,11H2,1-3H3/b12-10+. The molecule has 1 unspecified atom stereocenters. The van der Waals surface area contributed by atoms with E-state index in [2.05, 4.69) is 0 Å². The maximum Gasteiger partial charge on any atom is 0.185 e. The Balaban J connectivity index is 2.13. The molecule has 25 heavy (non-hydrogen) atoms. The van der Waals surface area contributed by atoms with Gasteiger partial charge in [-0.25, -0.2) is 0 Å². The zero-order valence-electron chi connectivity index (χ0n) is 15.2. The molecule has 1 atom stereocenters. The van der Waals surface area contributed by atoms with Crippen LogP contribution in [0.15, 0.2) is 60.1 Å². The molecule has 134 valence electrons. The van der Waals surface area contributed by atoms with Crippen molar-refractivity contribution in [3.63, 3.8) is 0 Å². The van der Waals surface area contributed by atoms with Crippen LogP contribution in [0.5, 0.6) is 5.75 Å². The van der Waals surface area contributed by atoms with Crippen molar-refractivity contribution in [3.05, 3.63) is 65.7 Å². The minimum absolute atomic E-state index is 0.0608. The normalized spacial score (nSPS) is 17.0. The molecule has 1 aliphatic carbocycles. The third-order valence-electron chi connectivity index (χ3n) is 3.72. The van der Waals surface area contributed by atoms with Crippen LogP contribution in [-0.2, 0) is 9.47 Å². The molecule has 0 saturated heterocycles. The molecule has 0 radical (unpaired) electrons. The van der Waals surface area contributed by atoms with Gasteiger partial charge in [0, 0.05) is 12.0 Å². The third kappa shape index (κ3) is 5.52. The molecule has 1 aliphatic rings. The molecule has 0 amide bonds. The highest BCUT2D eigenvalue weighted by molar-refractivity contribution is 6.04. The lowest BCUT2D eigenvalue weighted by molar-refractivity contribution is 0.104. The molecule has 0 saturated carbocycles. The number of rotatable bonds is 9. The van der Waals surface area contributed by atoms with Gasteiger partial charge in [0.25, 0.3) is 0 Å². The van der Waals surface area contributed by atoms with Crippen molar-refractivity contribution in [2.75, 3.05) is 19.8 Å². The fourth-order valence-electron chi connectivity index (χ4n) is 2.65. The Labute approximate surface area is 149 Å². The van der Waals surface area contributed by atoms with E-state index in [9.17, 15) is 4.79 Å². The Morgan fingerprint density at radius 3 is 2.60 bits per heavy atom. The highest BCUT2D eigenvalue weighted by Gasteiger charge is 2.17. The molecule has 0 bridgehead atoms. The van der Waals surface area contributed by atoms with Crippen LogP contribution in [-0.4, -0.2) is 25.6 Å². The summed E-state index contributed by atoms with van der Waals surface area (Å²) >= 11 is 0. The van der Waals surface area contributed by atoms with Crippen LogP contribution < -0.4 is 4.74 Å². The van der Waals surface area contributed by atoms with E-state index < -0.39 is 0 Å². The van der Waals surface area contributed by atoms with Gasteiger partial charge < -0.3 is 14.2 Å². The first kappa shape index (κ1) is 18.8. The Hall–Kier alpha value is -2.49. The Kier molecular flexibility index (Phi) is 7.33. The van der Waals surface area contributed by atoms with E-state index in [1.165, 1.54) is 0 Å². The second-order valence-corrected chi connectivity index (χ2v) is 5.52. The largest absolute Gasteiger partial charge is 0.498 e. The van der Waals surface area contributed by atoms with Crippen LogP contribution in [0.1, 0.15) is 37.6 Å². The Bertz CT molecular complexity index is 670. The van der Waals surface area contributed by atoms with Crippen LogP contribution in [0.3, 0.4) is 0 Å². The van der Waals surface area contributed by atoms with E-state index >= 15 is 0 Å². The van der Waals surface area contributed by atoms with Crippen molar-refractivity contribution in [2.24, 2.45) is 5.92 Å². The summed E-state index contributed by atoms with van der Waals surface area (Å²) in [5.74, 6) is 2.32. The van der Waals surface area contributed by atoms with E-state index in [-0.39, 0.29) is 11.7 Å². The molecule has 2 rings (SSSR count). The molecular formula is C21H26O4. The topological polar surface area (TPSA) is 44.8 Å². The third-order valence-corrected chi connectivity index (χ3v) is 3.72. The maximum atomic E-state index is 12.5. The molecule has 4 nitrogen and oxygen atoms in total. The van der Waals surface area contributed by atoms with Gasteiger partial charge >= 0.3 is 0 Å². The van der Waals surface area contributed by atoms with Crippen molar-refractivity contribution in [3.8, 4) is 5.75 Å². The molecular weight excluding hydrogens is 316 g/mol. The summed E-state index contributed by atoms with van der Waals surface area (Å²) in [5.41, 5.74) is 0.606. The average molecular weight is 342 g/mol. The van der Waals surface area contributed by atoms with Crippen LogP contribution in [0, 0.1) is 5.92 Å². The minimum Gasteiger partial charge on any atom is -0.498 e. The second-order valence-electron chi connectivity index (χ2n) is 5.52. The quantitative estimate of drug-likeness (QED) is 0.483. The number of carbonyl (C=O) groups is 1. The average Bonchev–Trinajstić information content (AvgIpc) is 2.62. The number of ether oxygens (including phenoxy) is 3. The molecule has 0 fully saturated rings. The minimum atomic E-state index is -0.0886. The van der Waals surface area contributed by atoms with Gasteiger partial charge in [0.2, 0.25) is 0 Å². The predicted molar refractivity (Wildman–Crippen MR) is 98.6 cm³/mol. The second kappa shape index (κ2) is 9.72. The van der Waals surface area contributed by atoms with Crippen molar-refractivity contribution in [1.82, 2.24) is 0 Å². The zero-order valence-corrected chi connectivity index (χ0v) is 15.2. The number of allylic oxidation sites excluding steroid dienone is 3. The summed E-state index contributed by atoms with van der Waals surface area (Å²) in [5, 5.41) is 0. The van der Waals surface area contributed by atoms with E-state index in [0.29, 0.717) is 31.1 Å². The van der Waals surface area contributed by atoms with E-state index in [1.54, 1.807) is 18.2 Å². The molecule has 1 aromatic carbocycles. The summed E-state index contributed by atoms with van der Waals surface area (Å²) < 4.78 is 16.7. The summed E-state index contributed by atoms with van der Waals surface area (Å²) in [6.45, 7) is 7.63. The van der Waals surface area contributed by atoms with E-state index in [4.69, 9.17) is 14.2 Å². The molecule has 1 aromatic rings. The summed E-state index contributed by atoms with van der Waals surface area (Å²) in [6, 6.07) is 7.22. The summed E-state index contributed by atoms with van der Waals surface area (Å²) in [6.07, 6.45) is 8.19. The first-order valence-corrected chi connectivity index (χ1v) is 8.79. The van der Waals surface area contributed by atoms with Gasteiger partial charge in [-0.3, -0.25) is 4.79 Å². The van der Waals surface area contributed by atoms with Gasteiger partial charge in [-0.15, -0.1) is 0 Å². The van der Waals surface area contributed by atoms with Crippen molar-refractivity contribution in [1.29, 1.82) is 0 Å². The summed E-state index contributed by atoms with van der Waals surface area (Å²) in [7, 11) is 0. The van der Waals surface area contributed by atoms with Crippen LogP contribution >= 0.6 is 0 Å². The first-order chi connectivity index (χ1) is 12.2. The van der Waals surface area contributed by atoms with Gasteiger partial charge in [0.15, 0.2) is 5.78 Å². The van der Waals surface area contributed by atoms with E-state index in [0.717, 1.165) is 17.9 Å². The number of benzene rings is 1. The van der Waals surface area contributed by atoms with Crippen molar-refractivity contribution in [2.45, 2.75) is 27.2 Å². The Morgan fingerprint density at radius 1 is 1.12 bits per heavy atom. The number of hydrogen-bond donors (Lipinski definition) is 0. The maximum absolute atomic E-state index is 12.5. The monoisotopic (exact) mass is 342 g/mol. The SMILES string of the molecule is CCOC1=CC(/C=C/C(=O)c2cccc(OCC)c2)C(OCC)=CC1. The number of hydrogen-bond acceptors (Lipinski definition) is 4. The van der Waals surface area contributed by atoms with Gasteiger partial charge in [0.1, 0.15) is 11.5 Å². The van der Waals surface area contributed by atoms with Gasteiger partial charge in [-0.05, 0) is 51.1 Å². The molecule has 0 heterocycles. The van der Waals surface area contributed by atoms with Gasteiger partial charge in [0.05, 0.1) is 31.5 Å². The van der Waals surface area contributed by atoms with Crippen molar-refractivity contribution >= 4 is 5.78 Å². The first-order valence-electron chi connectivity index (χ1n) is 8.79. The zero-order chi connectivity index (χ0) is 18.1. The fraction of sp³-hybridized carbons (Fsp3) is 0.381. The van der Waals surface area contributed by atoms with Gasteiger partial charge in [-0.2, -0.15) is 0 Å². The van der Waals surface area contributed by atoms with Crippen LogP contribution in [0.25, 0.3) is 0 Å². The van der Waals surface area contributed by atoms with Crippen LogP contribution in [0.4, 0.5) is 0 Å². The lowest BCUT2D eigenvalue weighted by atomic mass is 9.98. The summed E-state index contributed by atoms with van der Waals surface area (Å²) in [4.78, 5) is 12.5. The van der Waals surface area contributed by atoms with Crippen LogP contribution in [0.2, 0.25) is 0 Å². The highest BCUT2D eigenvalue weighted by atomic mass is 16.5. The molecule has 0 aliphatic heterocycles.